The number of thiazole rings is 1. The summed E-state index contributed by atoms with van der Waals surface area (Å²) in [5.74, 6) is 2.46. The smallest absolute Gasteiger partial charge is 0.192 e. The van der Waals surface area contributed by atoms with Crippen molar-refractivity contribution in [1.82, 2.24) is 19.7 Å². The van der Waals surface area contributed by atoms with Crippen LogP contribution in [-0.4, -0.2) is 19.7 Å². The number of hydrogen-bond donors (Lipinski definition) is 0. The molecule has 4 rings (SSSR count). The molecule has 1 aromatic carbocycles. The summed E-state index contributed by atoms with van der Waals surface area (Å²) in [6.07, 6.45) is 1.69. The predicted octanol–water partition coefficient (Wildman–Crippen LogP) is 4.95. The van der Waals surface area contributed by atoms with E-state index in [-0.39, 0.29) is 0 Å². The lowest BCUT2D eigenvalue weighted by Gasteiger charge is -2.10. The topological polar surface area (TPSA) is 56.7 Å². The van der Waals surface area contributed by atoms with E-state index in [9.17, 15) is 0 Å². The lowest BCUT2D eigenvalue weighted by molar-refractivity contribution is 0.534. The van der Waals surface area contributed by atoms with Crippen molar-refractivity contribution in [2.24, 2.45) is 0 Å². The van der Waals surface area contributed by atoms with Crippen LogP contribution in [0.3, 0.4) is 0 Å². The molecule has 3 heterocycles. The van der Waals surface area contributed by atoms with Gasteiger partial charge in [0.15, 0.2) is 11.0 Å². The highest BCUT2D eigenvalue weighted by Gasteiger charge is 2.18. The average molecular weight is 383 g/mol. The van der Waals surface area contributed by atoms with Crippen molar-refractivity contribution in [2.75, 3.05) is 0 Å². The molecule has 0 saturated carbocycles. The summed E-state index contributed by atoms with van der Waals surface area (Å²) in [6, 6.07) is 12.3. The van der Waals surface area contributed by atoms with Crippen LogP contribution in [-0.2, 0) is 12.3 Å². The summed E-state index contributed by atoms with van der Waals surface area (Å²) in [4.78, 5) is 4.54. The number of hydrogen-bond acceptors (Lipinski definition) is 6. The molecule has 3 aromatic heterocycles. The third-order valence-electron chi connectivity index (χ3n) is 4.02. The van der Waals surface area contributed by atoms with Crippen molar-refractivity contribution >= 4 is 23.1 Å². The largest absolute Gasteiger partial charge is 0.469 e. The minimum Gasteiger partial charge on any atom is -0.469 e. The first-order chi connectivity index (χ1) is 12.7. The third-order valence-corrected chi connectivity index (χ3v) is 5.84. The van der Waals surface area contributed by atoms with E-state index in [1.54, 1.807) is 29.4 Å². The maximum absolute atomic E-state index is 5.47. The zero-order valence-corrected chi connectivity index (χ0v) is 16.2. The minimum atomic E-state index is 0.715. The van der Waals surface area contributed by atoms with Crippen molar-refractivity contribution < 1.29 is 4.42 Å². The molecule has 0 aliphatic carbocycles. The summed E-state index contributed by atoms with van der Waals surface area (Å²) in [5, 5.41) is 13.0. The molecule has 0 spiro atoms. The lowest BCUT2D eigenvalue weighted by Crippen LogP contribution is -2.04. The molecule has 7 heteroatoms. The molecule has 26 heavy (non-hydrogen) atoms. The Hall–Kier alpha value is -2.38. The highest BCUT2D eigenvalue weighted by molar-refractivity contribution is 7.98. The number of benzene rings is 1. The normalized spacial score (nSPS) is 11.2. The lowest BCUT2D eigenvalue weighted by atomic mass is 10.2. The number of nitrogens with zero attached hydrogens (tertiary/aromatic N) is 4. The van der Waals surface area contributed by atoms with Gasteiger partial charge in [-0.25, -0.2) is 4.98 Å². The molecule has 0 fully saturated rings. The maximum Gasteiger partial charge on any atom is 0.192 e. The number of aromatic nitrogens is 4. The fourth-order valence-electron chi connectivity index (χ4n) is 2.73. The third kappa shape index (κ3) is 3.59. The Balaban J connectivity index is 1.66. The first-order valence-electron chi connectivity index (χ1n) is 8.26. The number of furan rings is 1. The molecule has 4 aromatic rings. The molecule has 0 N–H and O–H groups in total. The van der Waals surface area contributed by atoms with Crippen LogP contribution < -0.4 is 0 Å². The van der Waals surface area contributed by atoms with E-state index < -0.39 is 0 Å². The Morgan fingerprint density at radius 1 is 1.12 bits per heavy atom. The molecule has 132 valence electrons. The van der Waals surface area contributed by atoms with Crippen LogP contribution in [0.1, 0.15) is 22.0 Å². The second kappa shape index (κ2) is 7.47. The summed E-state index contributed by atoms with van der Waals surface area (Å²) < 4.78 is 7.62. The molecule has 0 saturated heterocycles. The van der Waals surface area contributed by atoms with Crippen LogP contribution >= 0.6 is 23.1 Å². The second-order valence-corrected chi connectivity index (χ2v) is 7.92. The van der Waals surface area contributed by atoms with Gasteiger partial charge < -0.3 is 4.42 Å². The van der Waals surface area contributed by atoms with Gasteiger partial charge in [-0.15, -0.1) is 21.5 Å². The fraction of sp³-hybridized carbons (Fsp3) is 0.211. The number of thioether (sulfide) groups is 1. The van der Waals surface area contributed by atoms with E-state index in [0.29, 0.717) is 6.54 Å². The molecular weight excluding hydrogens is 364 g/mol. The van der Waals surface area contributed by atoms with Gasteiger partial charge >= 0.3 is 0 Å². The standard InChI is InChI=1S/C19H18N4OS2/c1-13-17(8-9-24-13)18-21-22-19(26-12-16-11-25-14(2)20-16)23(18)10-15-6-4-3-5-7-15/h3-9,11H,10,12H2,1-2H3. The molecule has 0 radical (unpaired) electrons. The van der Waals surface area contributed by atoms with Crippen molar-refractivity contribution in [2.45, 2.75) is 31.3 Å². The second-order valence-electron chi connectivity index (χ2n) is 5.91. The van der Waals surface area contributed by atoms with Crippen LogP contribution in [0.4, 0.5) is 0 Å². The molecule has 0 atom stereocenters. The Morgan fingerprint density at radius 3 is 2.65 bits per heavy atom. The SMILES string of the molecule is Cc1nc(CSc2nnc(-c3ccoc3C)n2Cc2ccccc2)cs1. The van der Waals surface area contributed by atoms with Gasteiger partial charge in [0.05, 0.1) is 29.1 Å². The molecule has 0 bridgehead atoms. The minimum absolute atomic E-state index is 0.715. The van der Waals surface area contributed by atoms with Gasteiger partial charge in [-0.3, -0.25) is 4.57 Å². The van der Waals surface area contributed by atoms with Crippen LogP contribution in [0.2, 0.25) is 0 Å². The fourth-order valence-corrected chi connectivity index (χ4v) is 4.28. The highest BCUT2D eigenvalue weighted by atomic mass is 32.2. The maximum atomic E-state index is 5.47. The van der Waals surface area contributed by atoms with E-state index in [2.05, 4.69) is 37.3 Å². The molecule has 0 unspecified atom stereocenters. The van der Waals surface area contributed by atoms with E-state index in [0.717, 1.165) is 38.8 Å². The van der Waals surface area contributed by atoms with Gasteiger partial charge in [-0.1, -0.05) is 42.1 Å². The summed E-state index contributed by atoms with van der Waals surface area (Å²) in [5.41, 5.74) is 3.26. The van der Waals surface area contributed by atoms with Gasteiger partial charge in [-0.05, 0) is 25.5 Å². The van der Waals surface area contributed by atoms with E-state index in [4.69, 9.17) is 4.42 Å². The Kier molecular flexibility index (Phi) is 4.90. The Morgan fingerprint density at radius 2 is 1.96 bits per heavy atom. The Labute approximate surface area is 160 Å². The zero-order valence-electron chi connectivity index (χ0n) is 14.5. The van der Waals surface area contributed by atoms with Gasteiger partial charge in [-0.2, -0.15) is 0 Å². The molecular formula is C19H18N4OS2. The van der Waals surface area contributed by atoms with Gasteiger partial charge in [0.25, 0.3) is 0 Å². The average Bonchev–Trinajstić information content (AvgIpc) is 3.35. The van der Waals surface area contributed by atoms with Crippen molar-refractivity contribution in [3.63, 3.8) is 0 Å². The van der Waals surface area contributed by atoms with Gasteiger partial charge in [0, 0.05) is 11.1 Å². The molecule has 0 amide bonds. The number of aryl methyl sites for hydroxylation is 2. The van der Waals surface area contributed by atoms with Crippen LogP contribution in [0.25, 0.3) is 11.4 Å². The van der Waals surface area contributed by atoms with Gasteiger partial charge in [0.1, 0.15) is 5.76 Å². The summed E-state index contributed by atoms with van der Waals surface area (Å²) >= 11 is 3.33. The van der Waals surface area contributed by atoms with E-state index in [1.807, 2.05) is 38.1 Å². The Bertz CT molecular complexity index is 1000. The molecule has 0 aliphatic heterocycles. The highest BCUT2D eigenvalue weighted by Crippen LogP contribution is 2.29. The first-order valence-corrected chi connectivity index (χ1v) is 10.1. The molecule has 0 aliphatic rings. The van der Waals surface area contributed by atoms with E-state index in [1.165, 1.54) is 5.56 Å². The van der Waals surface area contributed by atoms with Crippen LogP contribution in [0.5, 0.6) is 0 Å². The number of rotatable bonds is 6. The summed E-state index contributed by atoms with van der Waals surface area (Å²) in [7, 11) is 0. The van der Waals surface area contributed by atoms with Crippen molar-refractivity contribution in [1.29, 1.82) is 0 Å². The first kappa shape index (κ1) is 17.1. The van der Waals surface area contributed by atoms with Crippen molar-refractivity contribution in [3.05, 3.63) is 70.1 Å². The van der Waals surface area contributed by atoms with Gasteiger partial charge in [0.2, 0.25) is 0 Å². The zero-order chi connectivity index (χ0) is 17.9. The van der Waals surface area contributed by atoms with E-state index >= 15 is 0 Å². The molecule has 5 nitrogen and oxygen atoms in total. The quantitative estimate of drug-likeness (QED) is 0.442. The predicted molar refractivity (Wildman–Crippen MR) is 104 cm³/mol. The van der Waals surface area contributed by atoms with Crippen LogP contribution in [0.15, 0.2) is 57.6 Å². The van der Waals surface area contributed by atoms with Crippen molar-refractivity contribution in [3.8, 4) is 11.4 Å². The van der Waals surface area contributed by atoms with Crippen LogP contribution in [0, 0.1) is 13.8 Å². The monoisotopic (exact) mass is 382 g/mol. The summed E-state index contributed by atoms with van der Waals surface area (Å²) in [6.45, 7) is 4.69.